The lowest BCUT2D eigenvalue weighted by Gasteiger charge is -2.10. The molecule has 0 radical (unpaired) electrons. The quantitative estimate of drug-likeness (QED) is 0.619. The largest absolute Gasteiger partial charge is 0.369 e. The first kappa shape index (κ1) is 17.4. The van der Waals surface area contributed by atoms with Crippen LogP contribution in [-0.2, 0) is 10.0 Å². The number of nitrogens with zero attached hydrogens (tertiary/aromatic N) is 1. The molecular formula is C13H22N4O3S. The molecule has 0 unspecified atom stereocenters. The van der Waals surface area contributed by atoms with Crippen molar-refractivity contribution < 1.29 is 13.2 Å². The summed E-state index contributed by atoms with van der Waals surface area (Å²) < 4.78 is 25.3. The van der Waals surface area contributed by atoms with Gasteiger partial charge in [0, 0.05) is 25.8 Å². The second-order valence-electron chi connectivity index (χ2n) is 4.40. The molecule has 7 nitrogen and oxygen atoms in total. The van der Waals surface area contributed by atoms with E-state index in [1.165, 1.54) is 0 Å². The van der Waals surface area contributed by atoms with Gasteiger partial charge in [0.25, 0.3) is 5.91 Å². The summed E-state index contributed by atoms with van der Waals surface area (Å²) in [5.41, 5.74) is 0.409. The molecular weight excluding hydrogens is 292 g/mol. The Hall–Kier alpha value is -1.67. The van der Waals surface area contributed by atoms with Crippen LogP contribution in [0.25, 0.3) is 0 Å². The first-order chi connectivity index (χ1) is 10.00. The molecule has 0 aliphatic rings. The molecule has 1 aromatic heterocycles. The number of hydrogen-bond donors (Lipinski definition) is 3. The van der Waals surface area contributed by atoms with E-state index in [1.807, 2.05) is 6.92 Å². The summed E-state index contributed by atoms with van der Waals surface area (Å²) in [6, 6.07) is 3.32. The van der Waals surface area contributed by atoms with Crippen molar-refractivity contribution in [2.75, 3.05) is 30.7 Å². The van der Waals surface area contributed by atoms with Gasteiger partial charge < -0.3 is 10.6 Å². The highest BCUT2D eigenvalue weighted by atomic mass is 32.2. The van der Waals surface area contributed by atoms with Gasteiger partial charge in [0.1, 0.15) is 5.82 Å². The monoisotopic (exact) mass is 314 g/mol. The fraction of sp³-hybridized carbons (Fsp3) is 0.538. The van der Waals surface area contributed by atoms with E-state index in [2.05, 4.69) is 20.3 Å². The molecule has 1 amide bonds. The number of pyridine rings is 1. The van der Waals surface area contributed by atoms with Crippen LogP contribution in [0.1, 0.15) is 30.6 Å². The number of carbonyl (C=O) groups excluding carboxylic acids is 1. The Morgan fingerprint density at radius 2 is 2.05 bits per heavy atom. The fourth-order valence-electron chi connectivity index (χ4n) is 1.66. The number of nitrogens with one attached hydrogen (secondary N) is 3. The summed E-state index contributed by atoms with van der Waals surface area (Å²) in [6.45, 7) is 4.82. The van der Waals surface area contributed by atoms with Crippen LogP contribution in [-0.4, -0.2) is 44.7 Å². The van der Waals surface area contributed by atoms with Gasteiger partial charge in [-0.15, -0.1) is 0 Å². The van der Waals surface area contributed by atoms with Crippen molar-refractivity contribution >= 4 is 21.7 Å². The number of carbonyl (C=O) groups is 1. The van der Waals surface area contributed by atoms with Gasteiger partial charge in [0.05, 0.1) is 11.3 Å². The molecule has 0 aliphatic carbocycles. The summed E-state index contributed by atoms with van der Waals surface area (Å²) in [6.07, 6.45) is 2.52. The number of rotatable bonds is 9. The Bertz CT molecular complexity index is 560. The first-order valence-corrected chi connectivity index (χ1v) is 8.59. The van der Waals surface area contributed by atoms with Crippen molar-refractivity contribution in [1.29, 1.82) is 0 Å². The zero-order chi connectivity index (χ0) is 15.7. The Morgan fingerprint density at radius 1 is 1.29 bits per heavy atom. The topological polar surface area (TPSA) is 100 Å². The number of amides is 1. The van der Waals surface area contributed by atoms with Gasteiger partial charge in [-0.2, -0.15) is 0 Å². The number of hydrogen-bond acceptors (Lipinski definition) is 5. The molecule has 1 aromatic rings. The zero-order valence-electron chi connectivity index (χ0n) is 12.3. The average molecular weight is 314 g/mol. The number of aromatic nitrogens is 1. The normalized spacial score (nSPS) is 11.1. The second kappa shape index (κ2) is 8.58. The van der Waals surface area contributed by atoms with Crippen LogP contribution < -0.4 is 15.4 Å². The molecule has 1 rings (SSSR count). The van der Waals surface area contributed by atoms with E-state index < -0.39 is 10.0 Å². The predicted molar refractivity (Wildman–Crippen MR) is 82.8 cm³/mol. The molecule has 0 aliphatic heterocycles. The lowest BCUT2D eigenvalue weighted by Crippen LogP contribution is -2.34. The molecule has 0 aromatic carbocycles. The predicted octanol–water partition coefficient (Wildman–Crippen LogP) is 0.573. The van der Waals surface area contributed by atoms with Gasteiger partial charge in [-0.3, -0.25) is 4.79 Å². The SMILES string of the molecule is CCCNc1ncccc1C(=O)NCCS(=O)(=O)NCC. The highest BCUT2D eigenvalue weighted by Crippen LogP contribution is 2.11. The number of anilines is 1. The summed E-state index contributed by atoms with van der Waals surface area (Å²) in [7, 11) is -3.33. The van der Waals surface area contributed by atoms with Crippen LogP contribution in [0.15, 0.2) is 18.3 Å². The van der Waals surface area contributed by atoms with E-state index in [0.29, 0.717) is 24.5 Å². The van der Waals surface area contributed by atoms with E-state index in [4.69, 9.17) is 0 Å². The molecule has 0 spiro atoms. The van der Waals surface area contributed by atoms with Crippen molar-refractivity contribution in [3.8, 4) is 0 Å². The maximum absolute atomic E-state index is 12.1. The summed E-state index contributed by atoms with van der Waals surface area (Å²) >= 11 is 0. The molecule has 0 bridgehead atoms. The van der Waals surface area contributed by atoms with Gasteiger partial charge >= 0.3 is 0 Å². The van der Waals surface area contributed by atoms with Gasteiger partial charge in [0.2, 0.25) is 10.0 Å². The highest BCUT2D eigenvalue weighted by Gasteiger charge is 2.13. The standard InChI is InChI=1S/C13H22N4O3S/c1-3-7-14-12-11(6-5-8-15-12)13(18)16-9-10-21(19,20)17-4-2/h5-6,8,17H,3-4,7,9-10H2,1-2H3,(H,14,15)(H,16,18). The maximum Gasteiger partial charge on any atom is 0.255 e. The molecule has 0 atom stereocenters. The molecule has 0 fully saturated rings. The van der Waals surface area contributed by atoms with Gasteiger partial charge in [-0.05, 0) is 18.6 Å². The van der Waals surface area contributed by atoms with Gasteiger partial charge in [-0.1, -0.05) is 13.8 Å². The lowest BCUT2D eigenvalue weighted by molar-refractivity contribution is 0.0956. The van der Waals surface area contributed by atoms with Crippen LogP contribution in [0.3, 0.4) is 0 Å². The van der Waals surface area contributed by atoms with Crippen molar-refractivity contribution in [3.63, 3.8) is 0 Å². The Morgan fingerprint density at radius 3 is 2.71 bits per heavy atom. The van der Waals surface area contributed by atoms with Crippen molar-refractivity contribution in [2.45, 2.75) is 20.3 Å². The van der Waals surface area contributed by atoms with Crippen molar-refractivity contribution in [3.05, 3.63) is 23.9 Å². The number of sulfonamides is 1. The van der Waals surface area contributed by atoms with Crippen LogP contribution >= 0.6 is 0 Å². The second-order valence-corrected chi connectivity index (χ2v) is 6.33. The molecule has 118 valence electrons. The van der Waals surface area contributed by atoms with E-state index in [1.54, 1.807) is 25.3 Å². The molecule has 0 saturated carbocycles. The fourth-order valence-corrected chi connectivity index (χ4v) is 2.61. The van der Waals surface area contributed by atoms with E-state index in [-0.39, 0.29) is 18.2 Å². The minimum atomic E-state index is -3.33. The Balaban J connectivity index is 2.60. The lowest BCUT2D eigenvalue weighted by atomic mass is 10.2. The molecule has 21 heavy (non-hydrogen) atoms. The molecule has 1 heterocycles. The third kappa shape index (κ3) is 6.09. The third-order valence-electron chi connectivity index (χ3n) is 2.62. The van der Waals surface area contributed by atoms with Gasteiger partial charge in [0.15, 0.2) is 0 Å². The summed E-state index contributed by atoms with van der Waals surface area (Å²) in [4.78, 5) is 16.2. The molecule has 3 N–H and O–H groups in total. The highest BCUT2D eigenvalue weighted by molar-refractivity contribution is 7.89. The minimum absolute atomic E-state index is 0.0519. The van der Waals surface area contributed by atoms with Crippen LogP contribution in [0, 0.1) is 0 Å². The Kier molecular flexibility index (Phi) is 7.10. The van der Waals surface area contributed by atoms with Crippen LogP contribution in [0.5, 0.6) is 0 Å². The van der Waals surface area contributed by atoms with E-state index in [9.17, 15) is 13.2 Å². The minimum Gasteiger partial charge on any atom is -0.369 e. The molecule has 8 heteroatoms. The smallest absolute Gasteiger partial charge is 0.255 e. The van der Waals surface area contributed by atoms with Crippen LogP contribution in [0.4, 0.5) is 5.82 Å². The summed E-state index contributed by atoms with van der Waals surface area (Å²) in [5.74, 6) is 0.0182. The summed E-state index contributed by atoms with van der Waals surface area (Å²) in [5, 5.41) is 5.66. The van der Waals surface area contributed by atoms with Crippen molar-refractivity contribution in [1.82, 2.24) is 15.0 Å². The average Bonchev–Trinajstić information content (AvgIpc) is 2.45. The Labute approximate surface area is 125 Å². The molecule has 0 saturated heterocycles. The van der Waals surface area contributed by atoms with E-state index in [0.717, 1.165) is 6.42 Å². The van der Waals surface area contributed by atoms with E-state index >= 15 is 0 Å². The van der Waals surface area contributed by atoms with Crippen molar-refractivity contribution in [2.24, 2.45) is 0 Å². The van der Waals surface area contributed by atoms with Crippen LogP contribution in [0.2, 0.25) is 0 Å². The van der Waals surface area contributed by atoms with Gasteiger partial charge in [-0.25, -0.2) is 18.1 Å². The zero-order valence-corrected chi connectivity index (χ0v) is 13.2. The maximum atomic E-state index is 12.1. The third-order valence-corrected chi connectivity index (χ3v) is 4.09. The first-order valence-electron chi connectivity index (χ1n) is 6.94.